The Morgan fingerprint density at radius 2 is 1.10 bits per heavy atom. The van der Waals surface area contributed by atoms with Crippen LogP contribution in [0, 0.1) is 5.82 Å². The Morgan fingerprint density at radius 1 is 0.567 bits per heavy atom. The molecule has 0 amide bonds. The minimum absolute atomic E-state index is 0.111. The molecule has 2 aromatic heterocycles. The molecule has 0 atom stereocenters. The second kappa shape index (κ2) is 9.77. The van der Waals surface area contributed by atoms with Crippen molar-refractivity contribution in [1.29, 1.82) is 0 Å². The van der Waals surface area contributed by atoms with E-state index in [1.165, 1.54) is 32.9 Å². The molecule has 0 saturated carbocycles. The molecule has 146 valence electrons. The van der Waals surface area contributed by atoms with E-state index < -0.39 is 0 Å². The number of thiophene rings is 1. The van der Waals surface area contributed by atoms with Crippen LogP contribution in [0.1, 0.15) is 0 Å². The SMILES string of the molecule is Fc1csc2ccccc12.c1ccc2ccccc2c1.c1ccc2ncccc2c1. The highest BCUT2D eigenvalue weighted by molar-refractivity contribution is 7.17. The second-order valence-corrected chi connectivity index (χ2v) is 7.53. The number of rotatable bonds is 0. The minimum atomic E-state index is -0.111. The summed E-state index contributed by atoms with van der Waals surface area (Å²) in [6.07, 6.45) is 1.81. The quantitative estimate of drug-likeness (QED) is 0.247. The lowest BCUT2D eigenvalue weighted by Gasteiger charge is -1.92. The van der Waals surface area contributed by atoms with Crippen LogP contribution in [0.25, 0.3) is 31.8 Å². The van der Waals surface area contributed by atoms with Gasteiger partial charge >= 0.3 is 0 Å². The van der Waals surface area contributed by atoms with E-state index in [0.29, 0.717) is 0 Å². The van der Waals surface area contributed by atoms with Gasteiger partial charge in [-0.3, -0.25) is 4.98 Å². The van der Waals surface area contributed by atoms with Gasteiger partial charge in [0.05, 0.1) is 5.52 Å². The smallest absolute Gasteiger partial charge is 0.141 e. The van der Waals surface area contributed by atoms with Crippen LogP contribution in [0.3, 0.4) is 0 Å². The van der Waals surface area contributed by atoms with E-state index in [9.17, 15) is 4.39 Å². The van der Waals surface area contributed by atoms with Gasteiger partial charge in [-0.05, 0) is 29.0 Å². The van der Waals surface area contributed by atoms with E-state index in [4.69, 9.17) is 0 Å². The molecule has 0 spiro atoms. The number of hydrogen-bond donors (Lipinski definition) is 0. The monoisotopic (exact) mass is 409 g/mol. The molecule has 0 aliphatic heterocycles. The number of benzene rings is 4. The predicted octanol–water partition coefficient (Wildman–Crippen LogP) is 8.12. The summed E-state index contributed by atoms with van der Waals surface area (Å²) in [4.78, 5) is 4.18. The lowest BCUT2D eigenvalue weighted by molar-refractivity contribution is 0.644. The number of fused-ring (bicyclic) bond motifs is 3. The molecule has 6 aromatic rings. The molecule has 0 N–H and O–H groups in total. The van der Waals surface area contributed by atoms with Gasteiger partial charge in [-0.25, -0.2) is 4.39 Å². The molecule has 3 heteroatoms. The fourth-order valence-corrected chi connectivity index (χ4v) is 3.90. The summed E-state index contributed by atoms with van der Waals surface area (Å²) in [6, 6.07) is 36.3. The van der Waals surface area contributed by atoms with Gasteiger partial charge in [0, 0.05) is 27.0 Å². The zero-order valence-electron chi connectivity index (χ0n) is 16.3. The van der Waals surface area contributed by atoms with Crippen molar-refractivity contribution in [2.24, 2.45) is 0 Å². The topological polar surface area (TPSA) is 12.9 Å². The summed E-state index contributed by atoms with van der Waals surface area (Å²) in [7, 11) is 0. The van der Waals surface area contributed by atoms with Crippen molar-refractivity contribution in [2.45, 2.75) is 0 Å². The fourth-order valence-electron chi connectivity index (χ4n) is 3.09. The molecule has 1 nitrogen and oxygen atoms in total. The normalized spacial score (nSPS) is 10.2. The Morgan fingerprint density at radius 3 is 1.73 bits per heavy atom. The average Bonchev–Trinajstić information content (AvgIpc) is 3.21. The largest absolute Gasteiger partial charge is 0.256 e. The number of para-hydroxylation sites is 1. The molecule has 0 saturated heterocycles. The second-order valence-electron chi connectivity index (χ2n) is 6.62. The Labute approximate surface area is 179 Å². The van der Waals surface area contributed by atoms with E-state index in [-0.39, 0.29) is 5.82 Å². The van der Waals surface area contributed by atoms with Crippen LogP contribution in [0.2, 0.25) is 0 Å². The predicted molar refractivity (Wildman–Crippen MR) is 127 cm³/mol. The molecular formula is C27H20FNS. The summed E-state index contributed by atoms with van der Waals surface area (Å²) in [5.41, 5.74) is 1.06. The maximum Gasteiger partial charge on any atom is 0.141 e. The van der Waals surface area contributed by atoms with Crippen LogP contribution in [-0.2, 0) is 0 Å². The third kappa shape index (κ3) is 4.88. The molecule has 0 aliphatic carbocycles. The fraction of sp³-hybridized carbons (Fsp3) is 0. The first-order chi connectivity index (χ1) is 14.8. The van der Waals surface area contributed by atoms with Crippen LogP contribution in [-0.4, -0.2) is 4.98 Å². The summed E-state index contributed by atoms with van der Waals surface area (Å²) >= 11 is 1.44. The first-order valence-corrected chi connectivity index (χ1v) is 10.5. The van der Waals surface area contributed by atoms with E-state index in [1.54, 1.807) is 6.07 Å². The van der Waals surface area contributed by atoms with Gasteiger partial charge in [0.2, 0.25) is 0 Å². The van der Waals surface area contributed by atoms with Crippen molar-refractivity contribution in [1.82, 2.24) is 4.98 Å². The van der Waals surface area contributed by atoms with Gasteiger partial charge in [-0.15, -0.1) is 11.3 Å². The molecule has 6 rings (SSSR count). The summed E-state index contributed by atoms with van der Waals surface area (Å²) in [5.74, 6) is -0.111. The molecule has 30 heavy (non-hydrogen) atoms. The standard InChI is InChI=1S/C10H8.C9H7N.C8H5FS/c1-2-6-10-8-4-3-7-9(10)5-1;1-2-6-9-8(4-1)5-3-7-10-9;9-7-5-10-8-4-2-1-3-6(7)8/h1-8H;1-7H;1-5H. The van der Waals surface area contributed by atoms with Crippen molar-refractivity contribution >= 4 is 43.1 Å². The molecule has 2 heterocycles. The summed E-state index contributed by atoms with van der Waals surface area (Å²) in [6.45, 7) is 0. The molecule has 0 fully saturated rings. The van der Waals surface area contributed by atoms with Crippen molar-refractivity contribution in [3.8, 4) is 0 Å². The first kappa shape index (κ1) is 19.7. The summed E-state index contributed by atoms with van der Waals surface area (Å²) in [5, 5.41) is 6.08. The first-order valence-electron chi connectivity index (χ1n) is 9.66. The van der Waals surface area contributed by atoms with Gasteiger partial charge < -0.3 is 0 Å². The van der Waals surface area contributed by atoms with Gasteiger partial charge in [0.1, 0.15) is 5.82 Å². The molecule has 0 radical (unpaired) electrons. The van der Waals surface area contributed by atoms with Crippen molar-refractivity contribution in [2.75, 3.05) is 0 Å². The molecule has 4 aromatic carbocycles. The Hall–Kier alpha value is -3.56. The van der Waals surface area contributed by atoms with E-state index >= 15 is 0 Å². The zero-order valence-corrected chi connectivity index (χ0v) is 17.1. The Balaban J connectivity index is 0.000000109. The minimum Gasteiger partial charge on any atom is -0.256 e. The van der Waals surface area contributed by atoms with E-state index in [1.807, 2.05) is 48.7 Å². The van der Waals surface area contributed by atoms with Crippen LogP contribution in [0.15, 0.2) is 121 Å². The van der Waals surface area contributed by atoms with Gasteiger partial charge in [0.25, 0.3) is 0 Å². The maximum absolute atomic E-state index is 12.8. The Kier molecular flexibility index (Phi) is 6.43. The van der Waals surface area contributed by atoms with Crippen LogP contribution in [0.5, 0.6) is 0 Å². The van der Waals surface area contributed by atoms with E-state index in [0.717, 1.165) is 15.6 Å². The average molecular weight is 410 g/mol. The van der Waals surface area contributed by atoms with Crippen molar-refractivity contribution in [3.63, 3.8) is 0 Å². The van der Waals surface area contributed by atoms with Crippen LogP contribution >= 0.6 is 11.3 Å². The highest BCUT2D eigenvalue weighted by Gasteiger charge is 1.99. The maximum atomic E-state index is 12.8. The third-order valence-corrected chi connectivity index (χ3v) is 5.54. The van der Waals surface area contributed by atoms with Crippen molar-refractivity contribution in [3.05, 3.63) is 127 Å². The van der Waals surface area contributed by atoms with Crippen LogP contribution in [0.4, 0.5) is 4.39 Å². The molecule has 0 aliphatic rings. The number of aromatic nitrogens is 1. The number of hydrogen-bond acceptors (Lipinski definition) is 2. The lowest BCUT2D eigenvalue weighted by atomic mass is 10.1. The number of nitrogens with zero attached hydrogens (tertiary/aromatic N) is 1. The lowest BCUT2D eigenvalue weighted by Crippen LogP contribution is -1.73. The highest BCUT2D eigenvalue weighted by atomic mass is 32.1. The Bertz CT molecular complexity index is 1170. The number of pyridine rings is 1. The van der Waals surface area contributed by atoms with Gasteiger partial charge in [-0.1, -0.05) is 91.0 Å². The summed E-state index contributed by atoms with van der Waals surface area (Å²) < 4.78 is 13.8. The highest BCUT2D eigenvalue weighted by Crippen LogP contribution is 2.23. The number of halogens is 1. The molecule has 0 unspecified atom stereocenters. The third-order valence-electron chi connectivity index (χ3n) is 4.60. The van der Waals surface area contributed by atoms with Crippen LogP contribution < -0.4 is 0 Å². The van der Waals surface area contributed by atoms with Crippen molar-refractivity contribution < 1.29 is 4.39 Å². The molecular weight excluding hydrogens is 389 g/mol. The molecule has 0 bridgehead atoms. The van der Waals surface area contributed by atoms with Gasteiger partial charge in [-0.2, -0.15) is 0 Å². The van der Waals surface area contributed by atoms with Gasteiger partial charge in [0.15, 0.2) is 0 Å². The zero-order chi connectivity index (χ0) is 20.6. The van der Waals surface area contributed by atoms with E-state index in [2.05, 4.69) is 65.6 Å².